The fraction of sp³-hybridized carbons (Fsp3) is 0.176. The summed E-state index contributed by atoms with van der Waals surface area (Å²) in [6.07, 6.45) is 0. The van der Waals surface area contributed by atoms with Crippen LogP contribution in [0, 0.1) is 6.92 Å². The number of fused-ring (bicyclic) bond motifs is 1. The van der Waals surface area contributed by atoms with Crippen LogP contribution in [0.5, 0.6) is 0 Å². The molecular weight excluding hydrogens is 280 g/mol. The molecule has 1 N–H and O–H groups in total. The highest BCUT2D eigenvalue weighted by Gasteiger charge is 2.12. The quantitative estimate of drug-likeness (QED) is 0.790. The Labute approximate surface area is 127 Å². The molecule has 1 heterocycles. The van der Waals surface area contributed by atoms with Gasteiger partial charge in [0.2, 0.25) is 0 Å². The summed E-state index contributed by atoms with van der Waals surface area (Å²) < 4.78 is 1.03. The van der Waals surface area contributed by atoms with Crippen LogP contribution < -0.4 is 5.32 Å². The molecule has 0 aliphatic carbocycles. The third-order valence-electron chi connectivity index (χ3n) is 3.48. The van der Waals surface area contributed by atoms with Crippen molar-refractivity contribution >= 4 is 27.5 Å². The molecular formula is C17H16N2OS. The van der Waals surface area contributed by atoms with Gasteiger partial charge in [0.05, 0.1) is 21.8 Å². The van der Waals surface area contributed by atoms with Crippen LogP contribution in [0.15, 0.2) is 48.0 Å². The molecule has 0 saturated heterocycles. The van der Waals surface area contributed by atoms with Gasteiger partial charge in [0.1, 0.15) is 0 Å². The first kappa shape index (κ1) is 13.8. The first-order valence-electron chi connectivity index (χ1n) is 6.84. The summed E-state index contributed by atoms with van der Waals surface area (Å²) >= 11 is 1.55. The average Bonchev–Trinajstić information content (AvgIpc) is 2.94. The normalized spacial score (nSPS) is 12.3. The number of thiazole rings is 1. The second-order valence-corrected chi connectivity index (χ2v) is 6.03. The van der Waals surface area contributed by atoms with E-state index >= 15 is 0 Å². The summed E-state index contributed by atoms with van der Waals surface area (Å²) in [7, 11) is 0. The van der Waals surface area contributed by atoms with Gasteiger partial charge in [0.25, 0.3) is 5.91 Å². The molecule has 0 fully saturated rings. The van der Waals surface area contributed by atoms with Gasteiger partial charge in [-0.3, -0.25) is 4.79 Å². The van der Waals surface area contributed by atoms with Gasteiger partial charge >= 0.3 is 0 Å². The van der Waals surface area contributed by atoms with Crippen LogP contribution >= 0.6 is 11.3 Å². The van der Waals surface area contributed by atoms with E-state index in [4.69, 9.17) is 0 Å². The van der Waals surface area contributed by atoms with E-state index in [0.717, 1.165) is 15.8 Å². The highest BCUT2D eigenvalue weighted by atomic mass is 32.1. The molecule has 3 aromatic rings. The second kappa shape index (κ2) is 5.66. The Bertz CT molecular complexity index is 794. The number of benzene rings is 2. The van der Waals surface area contributed by atoms with Crippen molar-refractivity contribution < 1.29 is 4.79 Å². The molecule has 0 saturated carbocycles. The van der Waals surface area contributed by atoms with Gasteiger partial charge in [-0.15, -0.1) is 11.3 Å². The second-order valence-electron chi connectivity index (χ2n) is 5.14. The minimum absolute atomic E-state index is 0.0189. The molecule has 0 spiro atoms. The number of nitrogens with zero attached hydrogens (tertiary/aromatic N) is 1. The summed E-state index contributed by atoms with van der Waals surface area (Å²) in [4.78, 5) is 16.6. The van der Waals surface area contributed by atoms with Crippen molar-refractivity contribution in [2.75, 3.05) is 0 Å². The van der Waals surface area contributed by atoms with Gasteiger partial charge in [-0.2, -0.15) is 0 Å². The number of rotatable bonds is 3. The maximum absolute atomic E-state index is 12.4. The number of hydrogen-bond donors (Lipinski definition) is 1. The first-order chi connectivity index (χ1) is 10.1. The van der Waals surface area contributed by atoms with E-state index in [0.29, 0.717) is 5.56 Å². The van der Waals surface area contributed by atoms with Gasteiger partial charge in [0, 0.05) is 5.56 Å². The molecule has 3 rings (SSSR count). The Morgan fingerprint density at radius 1 is 1.24 bits per heavy atom. The Hall–Kier alpha value is -2.20. The van der Waals surface area contributed by atoms with E-state index in [1.54, 1.807) is 16.8 Å². The lowest BCUT2D eigenvalue weighted by molar-refractivity contribution is 0.0940. The van der Waals surface area contributed by atoms with Crippen LogP contribution in [-0.4, -0.2) is 10.9 Å². The lowest BCUT2D eigenvalue weighted by Gasteiger charge is -2.15. The zero-order valence-electron chi connectivity index (χ0n) is 12.0. The SMILES string of the molecule is Cc1cccc(C(C)NC(=O)c2ccc3ncsc3c2)c1. The molecule has 21 heavy (non-hydrogen) atoms. The lowest BCUT2D eigenvalue weighted by atomic mass is 10.1. The average molecular weight is 296 g/mol. The van der Waals surface area contributed by atoms with Crippen LogP contribution in [0.1, 0.15) is 34.5 Å². The van der Waals surface area contributed by atoms with Crippen molar-refractivity contribution in [2.24, 2.45) is 0 Å². The van der Waals surface area contributed by atoms with Gasteiger partial charge in [-0.25, -0.2) is 4.98 Å². The molecule has 0 radical (unpaired) electrons. The van der Waals surface area contributed by atoms with Crippen molar-refractivity contribution in [1.29, 1.82) is 0 Å². The molecule has 1 aromatic heterocycles. The van der Waals surface area contributed by atoms with Crippen molar-refractivity contribution in [3.05, 3.63) is 64.7 Å². The van der Waals surface area contributed by atoms with E-state index in [1.807, 2.05) is 37.3 Å². The fourth-order valence-electron chi connectivity index (χ4n) is 2.30. The standard InChI is InChI=1S/C17H16N2OS/c1-11-4-3-5-13(8-11)12(2)19-17(20)14-6-7-15-16(9-14)21-10-18-15/h3-10,12H,1-2H3,(H,19,20). The van der Waals surface area contributed by atoms with Crippen molar-refractivity contribution in [2.45, 2.75) is 19.9 Å². The fourth-order valence-corrected chi connectivity index (χ4v) is 3.02. The molecule has 1 amide bonds. The van der Waals surface area contributed by atoms with Gasteiger partial charge in [0.15, 0.2) is 0 Å². The Kier molecular flexibility index (Phi) is 3.71. The van der Waals surface area contributed by atoms with Crippen LogP contribution in [0.3, 0.4) is 0 Å². The monoisotopic (exact) mass is 296 g/mol. The highest BCUT2D eigenvalue weighted by Crippen LogP contribution is 2.20. The topological polar surface area (TPSA) is 42.0 Å². The zero-order valence-corrected chi connectivity index (χ0v) is 12.8. The smallest absolute Gasteiger partial charge is 0.251 e. The zero-order chi connectivity index (χ0) is 14.8. The minimum Gasteiger partial charge on any atom is -0.346 e. The largest absolute Gasteiger partial charge is 0.346 e. The summed E-state index contributed by atoms with van der Waals surface area (Å²) in [5, 5.41) is 3.04. The van der Waals surface area contributed by atoms with E-state index < -0.39 is 0 Å². The number of carbonyl (C=O) groups is 1. The van der Waals surface area contributed by atoms with E-state index in [9.17, 15) is 4.79 Å². The Morgan fingerprint density at radius 2 is 2.10 bits per heavy atom. The molecule has 3 nitrogen and oxygen atoms in total. The number of carbonyl (C=O) groups excluding carboxylic acids is 1. The van der Waals surface area contributed by atoms with Gasteiger partial charge < -0.3 is 5.32 Å². The van der Waals surface area contributed by atoms with E-state index in [2.05, 4.69) is 29.4 Å². The van der Waals surface area contributed by atoms with Gasteiger partial charge in [-0.05, 0) is 37.6 Å². The highest BCUT2D eigenvalue weighted by molar-refractivity contribution is 7.16. The number of aryl methyl sites for hydroxylation is 1. The number of amides is 1. The Morgan fingerprint density at radius 3 is 2.90 bits per heavy atom. The van der Waals surface area contributed by atoms with Crippen LogP contribution in [0.25, 0.3) is 10.2 Å². The van der Waals surface area contributed by atoms with Crippen LogP contribution in [0.2, 0.25) is 0 Å². The third-order valence-corrected chi connectivity index (χ3v) is 4.27. The molecule has 1 unspecified atom stereocenters. The minimum atomic E-state index is -0.0562. The Balaban J connectivity index is 1.79. The maximum Gasteiger partial charge on any atom is 0.251 e. The maximum atomic E-state index is 12.4. The molecule has 2 aromatic carbocycles. The number of aromatic nitrogens is 1. The summed E-state index contributed by atoms with van der Waals surface area (Å²) in [6, 6.07) is 13.8. The van der Waals surface area contributed by atoms with Gasteiger partial charge in [-0.1, -0.05) is 29.8 Å². The predicted molar refractivity (Wildman–Crippen MR) is 86.7 cm³/mol. The molecule has 1 atom stereocenters. The van der Waals surface area contributed by atoms with Crippen molar-refractivity contribution in [1.82, 2.24) is 10.3 Å². The first-order valence-corrected chi connectivity index (χ1v) is 7.72. The molecule has 0 aliphatic rings. The van der Waals surface area contributed by atoms with Crippen molar-refractivity contribution in [3.63, 3.8) is 0 Å². The third kappa shape index (κ3) is 2.95. The van der Waals surface area contributed by atoms with E-state index in [-0.39, 0.29) is 11.9 Å². The summed E-state index contributed by atoms with van der Waals surface area (Å²) in [5.41, 5.74) is 5.71. The molecule has 0 aliphatic heterocycles. The predicted octanol–water partition coefficient (Wildman–Crippen LogP) is 4.10. The number of nitrogens with one attached hydrogen (secondary N) is 1. The lowest BCUT2D eigenvalue weighted by Crippen LogP contribution is -2.26. The summed E-state index contributed by atoms with van der Waals surface area (Å²) in [6.45, 7) is 4.05. The van der Waals surface area contributed by atoms with Crippen molar-refractivity contribution in [3.8, 4) is 0 Å². The summed E-state index contributed by atoms with van der Waals surface area (Å²) in [5.74, 6) is -0.0562. The molecule has 0 bridgehead atoms. The van der Waals surface area contributed by atoms with Crippen LogP contribution in [-0.2, 0) is 0 Å². The van der Waals surface area contributed by atoms with Crippen LogP contribution in [0.4, 0.5) is 0 Å². The number of hydrogen-bond acceptors (Lipinski definition) is 3. The molecule has 4 heteroatoms. The van der Waals surface area contributed by atoms with E-state index in [1.165, 1.54) is 5.56 Å². The molecule has 106 valence electrons.